The smallest absolute Gasteiger partial charge is 0.165 e. The lowest BCUT2D eigenvalue weighted by Gasteiger charge is -2.07. The van der Waals surface area contributed by atoms with Crippen molar-refractivity contribution in [2.45, 2.75) is 6.92 Å². The van der Waals surface area contributed by atoms with E-state index in [0.717, 1.165) is 11.3 Å². The van der Waals surface area contributed by atoms with Gasteiger partial charge in [-0.1, -0.05) is 12.2 Å². The molecule has 1 aromatic heterocycles. The summed E-state index contributed by atoms with van der Waals surface area (Å²) in [6.45, 7) is 1.85. The quantitative estimate of drug-likeness (QED) is 0.831. The molecule has 0 bridgehead atoms. The molecule has 0 aliphatic carbocycles. The predicted molar refractivity (Wildman–Crippen MR) is 66.1 cm³/mol. The van der Waals surface area contributed by atoms with Gasteiger partial charge in [0.25, 0.3) is 0 Å². The number of nitrogens with one attached hydrogen (secondary N) is 1. The molecule has 0 aliphatic heterocycles. The SMILES string of the molecule is COc1ccc(-c2[nH]cnc(=S)c2C)cc1F. The maximum absolute atomic E-state index is 13.6. The van der Waals surface area contributed by atoms with E-state index >= 15 is 0 Å². The lowest BCUT2D eigenvalue weighted by molar-refractivity contribution is 0.386. The number of H-pyrrole nitrogens is 1. The normalized spacial score (nSPS) is 10.3. The highest BCUT2D eigenvalue weighted by Gasteiger charge is 2.08. The molecule has 0 radical (unpaired) electrons. The van der Waals surface area contributed by atoms with Crippen LogP contribution in [0.25, 0.3) is 11.3 Å². The van der Waals surface area contributed by atoms with E-state index in [4.69, 9.17) is 17.0 Å². The van der Waals surface area contributed by atoms with Gasteiger partial charge in [-0.25, -0.2) is 9.37 Å². The van der Waals surface area contributed by atoms with Crippen LogP contribution in [0.4, 0.5) is 4.39 Å². The van der Waals surface area contributed by atoms with E-state index in [9.17, 15) is 4.39 Å². The summed E-state index contributed by atoms with van der Waals surface area (Å²) in [6.07, 6.45) is 1.51. The summed E-state index contributed by atoms with van der Waals surface area (Å²) in [7, 11) is 1.43. The summed E-state index contributed by atoms with van der Waals surface area (Å²) in [4.78, 5) is 6.94. The molecule has 88 valence electrons. The Bertz CT molecular complexity index is 610. The minimum absolute atomic E-state index is 0.221. The zero-order valence-corrected chi connectivity index (χ0v) is 10.3. The van der Waals surface area contributed by atoms with Gasteiger partial charge in [0.1, 0.15) is 4.64 Å². The van der Waals surface area contributed by atoms with Crippen LogP contribution in [0.1, 0.15) is 5.56 Å². The van der Waals surface area contributed by atoms with Crippen LogP contribution in [0.5, 0.6) is 5.75 Å². The Kier molecular flexibility index (Phi) is 3.19. The van der Waals surface area contributed by atoms with Gasteiger partial charge in [-0.3, -0.25) is 0 Å². The molecule has 5 heteroatoms. The fraction of sp³-hybridized carbons (Fsp3) is 0.167. The monoisotopic (exact) mass is 250 g/mol. The molecular formula is C12H11FN2OS. The van der Waals surface area contributed by atoms with Gasteiger partial charge in [-0.15, -0.1) is 0 Å². The van der Waals surface area contributed by atoms with E-state index in [1.807, 2.05) is 6.92 Å². The molecule has 2 rings (SSSR count). The first-order valence-electron chi connectivity index (χ1n) is 5.01. The second kappa shape index (κ2) is 4.63. The summed E-state index contributed by atoms with van der Waals surface area (Å²) in [6, 6.07) is 4.77. The Morgan fingerprint density at radius 2 is 2.18 bits per heavy atom. The molecule has 17 heavy (non-hydrogen) atoms. The van der Waals surface area contributed by atoms with Gasteiger partial charge in [0.05, 0.1) is 19.1 Å². The zero-order chi connectivity index (χ0) is 12.4. The lowest BCUT2D eigenvalue weighted by atomic mass is 10.1. The molecule has 0 fully saturated rings. The Labute approximate surface area is 103 Å². The van der Waals surface area contributed by atoms with Gasteiger partial charge < -0.3 is 9.72 Å². The van der Waals surface area contributed by atoms with Crippen molar-refractivity contribution in [3.8, 4) is 17.0 Å². The first-order valence-corrected chi connectivity index (χ1v) is 5.42. The Hall–Kier alpha value is -1.75. The summed E-state index contributed by atoms with van der Waals surface area (Å²) >= 11 is 5.07. The Morgan fingerprint density at radius 3 is 2.82 bits per heavy atom. The molecule has 2 aromatic rings. The first-order chi connectivity index (χ1) is 8.13. The van der Waals surface area contributed by atoms with Crippen molar-refractivity contribution in [1.82, 2.24) is 9.97 Å². The van der Waals surface area contributed by atoms with Gasteiger partial charge >= 0.3 is 0 Å². The molecule has 0 amide bonds. The van der Waals surface area contributed by atoms with E-state index < -0.39 is 5.82 Å². The third-order valence-electron chi connectivity index (χ3n) is 2.53. The largest absolute Gasteiger partial charge is 0.494 e. The third kappa shape index (κ3) is 2.19. The van der Waals surface area contributed by atoms with Crippen molar-refractivity contribution in [1.29, 1.82) is 0 Å². The van der Waals surface area contributed by atoms with Crippen LogP contribution in [0.3, 0.4) is 0 Å². The number of benzene rings is 1. The van der Waals surface area contributed by atoms with Crippen LogP contribution in [0.15, 0.2) is 24.5 Å². The minimum Gasteiger partial charge on any atom is -0.494 e. The maximum atomic E-state index is 13.6. The van der Waals surface area contributed by atoms with Crippen LogP contribution < -0.4 is 4.74 Å². The van der Waals surface area contributed by atoms with Crippen molar-refractivity contribution in [2.75, 3.05) is 7.11 Å². The van der Waals surface area contributed by atoms with Gasteiger partial charge in [0.2, 0.25) is 0 Å². The fourth-order valence-electron chi connectivity index (χ4n) is 1.59. The van der Waals surface area contributed by atoms with Gasteiger partial charge in [0.15, 0.2) is 11.6 Å². The topological polar surface area (TPSA) is 37.9 Å². The molecule has 3 nitrogen and oxygen atoms in total. The molecule has 0 saturated heterocycles. The maximum Gasteiger partial charge on any atom is 0.165 e. The summed E-state index contributed by atoms with van der Waals surface area (Å²) in [5.74, 6) is -0.181. The molecule has 0 spiro atoms. The summed E-state index contributed by atoms with van der Waals surface area (Å²) in [5.41, 5.74) is 2.31. The second-order valence-corrected chi connectivity index (χ2v) is 3.94. The number of ether oxygens (including phenoxy) is 1. The van der Waals surface area contributed by atoms with Crippen molar-refractivity contribution in [3.05, 3.63) is 40.5 Å². The number of halogens is 1. The first kappa shape index (κ1) is 11.7. The highest BCUT2D eigenvalue weighted by molar-refractivity contribution is 7.71. The zero-order valence-electron chi connectivity index (χ0n) is 9.45. The van der Waals surface area contributed by atoms with Crippen LogP contribution in [0, 0.1) is 17.4 Å². The van der Waals surface area contributed by atoms with Crippen molar-refractivity contribution < 1.29 is 9.13 Å². The van der Waals surface area contributed by atoms with E-state index in [1.165, 1.54) is 19.5 Å². The summed E-state index contributed by atoms with van der Waals surface area (Å²) < 4.78 is 19.0. The van der Waals surface area contributed by atoms with Gasteiger partial charge in [-0.2, -0.15) is 0 Å². The Balaban J connectivity index is 2.58. The summed E-state index contributed by atoms with van der Waals surface area (Å²) in [5, 5.41) is 0. The van der Waals surface area contributed by atoms with Gasteiger partial charge in [-0.05, 0) is 25.1 Å². The predicted octanol–water partition coefficient (Wildman–Crippen LogP) is 3.26. The van der Waals surface area contributed by atoms with Crippen molar-refractivity contribution in [3.63, 3.8) is 0 Å². The van der Waals surface area contributed by atoms with Crippen LogP contribution >= 0.6 is 12.2 Å². The molecular weight excluding hydrogens is 239 g/mol. The minimum atomic E-state index is -0.402. The van der Waals surface area contributed by atoms with Crippen LogP contribution in [-0.2, 0) is 0 Å². The number of aromatic nitrogens is 2. The molecule has 0 atom stereocenters. The Morgan fingerprint density at radius 1 is 1.41 bits per heavy atom. The second-order valence-electron chi connectivity index (χ2n) is 3.56. The molecule has 0 saturated carbocycles. The molecule has 0 aliphatic rings. The molecule has 1 N–H and O–H groups in total. The third-order valence-corrected chi connectivity index (χ3v) is 2.94. The van der Waals surface area contributed by atoms with E-state index in [-0.39, 0.29) is 5.75 Å². The molecule has 0 unspecified atom stereocenters. The number of methoxy groups -OCH3 is 1. The van der Waals surface area contributed by atoms with Crippen molar-refractivity contribution in [2.24, 2.45) is 0 Å². The van der Waals surface area contributed by atoms with E-state index in [1.54, 1.807) is 12.1 Å². The number of hydrogen-bond acceptors (Lipinski definition) is 3. The average molecular weight is 250 g/mol. The van der Waals surface area contributed by atoms with Crippen LogP contribution in [0.2, 0.25) is 0 Å². The highest BCUT2D eigenvalue weighted by Crippen LogP contribution is 2.25. The standard InChI is InChI=1S/C12H11FN2OS/c1-7-11(14-6-15-12(7)17)8-3-4-10(16-2)9(13)5-8/h3-6H,1-2H3,(H,14,15,17). The number of hydrogen-bond donors (Lipinski definition) is 1. The van der Waals surface area contributed by atoms with E-state index in [0.29, 0.717) is 10.2 Å². The van der Waals surface area contributed by atoms with Crippen LogP contribution in [-0.4, -0.2) is 17.1 Å². The van der Waals surface area contributed by atoms with Crippen molar-refractivity contribution >= 4 is 12.2 Å². The van der Waals surface area contributed by atoms with E-state index in [2.05, 4.69) is 9.97 Å². The average Bonchev–Trinajstić information content (AvgIpc) is 2.32. The molecule has 1 aromatic carbocycles. The van der Waals surface area contributed by atoms with Gasteiger partial charge in [0, 0.05) is 11.1 Å². The fourth-order valence-corrected chi connectivity index (χ4v) is 1.74. The number of nitrogens with zero attached hydrogens (tertiary/aromatic N) is 1. The lowest BCUT2D eigenvalue weighted by Crippen LogP contribution is -1.93. The number of aromatic amines is 1. The molecule has 1 heterocycles. The highest BCUT2D eigenvalue weighted by atomic mass is 32.1. The number of rotatable bonds is 2.